The van der Waals surface area contributed by atoms with Gasteiger partial charge in [-0.1, -0.05) is 13.8 Å². The molecule has 96 valence electrons. The molecule has 0 saturated heterocycles. The zero-order valence-corrected chi connectivity index (χ0v) is 8.99. The molecule has 0 aromatic rings. The van der Waals surface area contributed by atoms with Gasteiger partial charge in [-0.15, -0.1) is 0 Å². The van der Waals surface area contributed by atoms with Gasteiger partial charge in [0.2, 0.25) is 0 Å². The van der Waals surface area contributed by atoms with Crippen LogP contribution >= 0.6 is 0 Å². The van der Waals surface area contributed by atoms with Crippen LogP contribution < -0.4 is 0 Å². The predicted octanol–water partition coefficient (Wildman–Crippen LogP) is 4.41. The second-order valence-electron chi connectivity index (χ2n) is 4.77. The Labute approximate surface area is 90.0 Å². The Hall–Kier alpha value is -0.420. The van der Waals surface area contributed by atoms with E-state index in [-0.39, 0.29) is 12.3 Å². The van der Waals surface area contributed by atoms with Crippen molar-refractivity contribution in [2.45, 2.75) is 39.0 Å². The van der Waals surface area contributed by atoms with Gasteiger partial charge in [0.15, 0.2) is 0 Å². The minimum atomic E-state index is -4.76. The van der Waals surface area contributed by atoms with Gasteiger partial charge >= 0.3 is 12.4 Å². The fourth-order valence-electron chi connectivity index (χ4n) is 2.74. The Balaban J connectivity index is 2.99. The molecule has 0 aromatic carbocycles. The first-order valence-corrected chi connectivity index (χ1v) is 5.17. The topological polar surface area (TPSA) is 0 Å². The first-order valence-electron chi connectivity index (χ1n) is 5.17. The number of hydrogen-bond acceptors (Lipinski definition) is 0. The molecule has 6 heteroatoms. The lowest BCUT2D eigenvalue weighted by Gasteiger charge is -2.41. The SMILES string of the molecule is CC1C[C@H](C)CC(C(F)(F)F)C1C(F)(F)F. The van der Waals surface area contributed by atoms with E-state index < -0.39 is 36.5 Å². The van der Waals surface area contributed by atoms with E-state index in [1.54, 1.807) is 6.92 Å². The average molecular weight is 248 g/mol. The Morgan fingerprint density at radius 1 is 0.812 bits per heavy atom. The van der Waals surface area contributed by atoms with Gasteiger partial charge in [-0.25, -0.2) is 0 Å². The van der Waals surface area contributed by atoms with Gasteiger partial charge in [0.25, 0.3) is 0 Å². The van der Waals surface area contributed by atoms with Gasteiger partial charge in [-0.2, -0.15) is 26.3 Å². The van der Waals surface area contributed by atoms with Crippen LogP contribution in [0.5, 0.6) is 0 Å². The lowest BCUT2D eigenvalue weighted by Crippen LogP contribution is -2.46. The van der Waals surface area contributed by atoms with Crippen molar-refractivity contribution in [3.63, 3.8) is 0 Å². The fourth-order valence-corrected chi connectivity index (χ4v) is 2.74. The first kappa shape index (κ1) is 13.6. The van der Waals surface area contributed by atoms with E-state index in [1.165, 1.54) is 6.92 Å². The summed E-state index contributed by atoms with van der Waals surface area (Å²) >= 11 is 0. The van der Waals surface area contributed by atoms with E-state index in [1.807, 2.05) is 0 Å². The largest absolute Gasteiger partial charge is 0.392 e. The monoisotopic (exact) mass is 248 g/mol. The van der Waals surface area contributed by atoms with Crippen molar-refractivity contribution < 1.29 is 26.3 Å². The molecule has 1 rings (SSSR count). The summed E-state index contributed by atoms with van der Waals surface area (Å²) in [4.78, 5) is 0. The molecule has 16 heavy (non-hydrogen) atoms. The Bertz CT molecular complexity index is 241. The normalized spacial score (nSPS) is 37.5. The van der Waals surface area contributed by atoms with Crippen LogP contribution in [-0.2, 0) is 0 Å². The third-order valence-corrected chi connectivity index (χ3v) is 3.28. The van der Waals surface area contributed by atoms with Crippen LogP contribution in [0.15, 0.2) is 0 Å². The second kappa shape index (κ2) is 4.11. The summed E-state index contributed by atoms with van der Waals surface area (Å²) in [5.41, 5.74) is 0. The van der Waals surface area contributed by atoms with E-state index in [9.17, 15) is 26.3 Å². The maximum absolute atomic E-state index is 12.6. The minimum absolute atomic E-state index is 0.205. The van der Waals surface area contributed by atoms with Crippen molar-refractivity contribution in [2.24, 2.45) is 23.7 Å². The molecule has 0 nitrogen and oxygen atoms in total. The lowest BCUT2D eigenvalue weighted by molar-refractivity contribution is -0.276. The van der Waals surface area contributed by atoms with Gasteiger partial charge in [0.1, 0.15) is 0 Å². The summed E-state index contributed by atoms with van der Waals surface area (Å²) in [6, 6.07) is 0. The number of hydrogen-bond donors (Lipinski definition) is 0. The molecular weight excluding hydrogens is 234 g/mol. The summed E-state index contributed by atoms with van der Waals surface area (Å²) in [6.45, 7) is 2.83. The molecule has 1 aliphatic rings. The quantitative estimate of drug-likeness (QED) is 0.557. The third kappa shape index (κ3) is 2.83. The summed E-state index contributed by atoms with van der Waals surface area (Å²) in [6.07, 6.45) is -9.74. The molecule has 0 aliphatic heterocycles. The van der Waals surface area contributed by atoms with Crippen molar-refractivity contribution >= 4 is 0 Å². The number of rotatable bonds is 0. The van der Waals surface area contributed by atoms with E-state index >= 15 is 0 Å². The zero-order chi connectivity index (χ0) is 12.7. The Morgan fingerprint density at radius 3 is 1.69 bits per heavy atom. The molecule has 1 saturated carbocycles. The molecule has 0 bridgehead atoms. The average Bonchev–Trinajstić information content (AvgIpc) is 1.97. The van der Waals surface area contributed by atoms with E-state index in [2.05, 4.69) is 0 Å². The summed E-state index contributed by atoms with van der Waals surface area (Å²) in [5, 5.41) is 0. The van der Waals surface area contributed by atoms with Gasteiger partial charge in [-0.05, 0) is 24.7 Å². The van der Waals surface area contributed by atoms with Crippen molar-refractivity contribution in [1.82, 2.24) is 0 Å². The Kier molecular flexibility index (Phi) is 3.50. The van der Waals surface area contributed by atoms with E-state index in [0.29, 0.717) is 0 Å². The summed E-state index contributed by atoms with van der Waals surface area (Å²) in [7, 11) is 0. The van der Waals surface area contributed by atoms with Crippen LogP contribution in [-0.4, -0.2) is 12.4 Å². The molecule has 0 radical (unpaired) electrons. The third-order valence-electron chi connectivity index (χ3n) is 3.28. The highest BCUT2D eigenvalue weighted by Crippen LogP contribution is 2.52. The van der Waals surface area contributed by atoms with Crippen molar-refractivity contribution in [3.8, 4) is 0 Å². The molecular formula is C10H14F6. The fraction of sp³-hybridized carbons (Fsp3) is 1.00. The molecule has 0 heterocycles. The van der Waals surface area contributed by atoms with Crippen LogP contribution in [0.4, 0.5) is 26.3 Å². The van der Waals surface area contributed by atoms with E-state index in [0.717, 1.165) is 0 Å². The van der Waals surface area contributed by atoms with Crippen molar-refractivity contribution in [3.05, 3.63) is 0 Å². The molecule has 0 aromatic heterocycles. The molecule has 0 amide bonds. The predicted molar refractivity (Wildman–Crippen MR) is 46.7 cm³/mol. The molecule has 3 unspecified atom stereocenters. The molecule has 1 aliphatic carbocycles. The maximum atomic E-state index is 12.6. The zero-order valence-electron chi connectivity index (χ0n) is 8.99. The smallest absolute Gasteiger partial charge is 0.171 e. The van der Waals surface area contributed by atoms with E-state index in [4.69, 9.17) is 0 Å². The standard InChI is InChI=1S/C10H14F6/c1-5-3-6(2)8(10(14,15)16)7(4-5)9(11,12)13/h5-8H,3-4H2,1-2H3/t5-,6?,7?,8?/m0/s1. The highest BCUT2D eigenvalue weighted by Gasteiger charge is 2.58. The highest BCUT2D eigenvalue weighted by atomic mass is 19.4. The van der Waals surface area contributed by atoms with Crippen LogP contribution in [0.2, 0.25) is 0 Å². The Morgan fingerprint density at radius 2 is 1.31 bits per heavy atom. The van der Waals surface area contributed by atoms with Gasteiger partial charge < -0.3 is 0 Å². The summed E-state index contributed by atoms with van der Waals surface area (Å²) in [5.74, 6) is -5.76. The van der Waals surface area contributed by atoms with Crippen molar-refractivity contribution in [1.29, 1.82) is 0 Å². The van der Waals surface area contributed by atoms with Gasteiger partial charge in [-0.3, -0.25) is 0 Å². The number of halogens is 6. The van der Waals surface area contributed by atoms with Gasteiger partial charge in [0.05, 0.1) is 11.8 Å². The maximum Gasteiger partial charge on any atom is 0.392 e. The van der Waals surface area contributed by atoms with Crippen LogP contribution in [0.3, 0.4) is 0 Å². The highest BCUT2D eigenvalue weighted by molar-refractivity contribution is 4.90. The van der Waals surface area contributed by atoms with Crippen LogP contribution in [0.1, 0.15) is 26.7 Å². The molecule has 0 N–H and O–H groups in total. The number of alkyl halides is 6. The molecule has 4 atom stereocenters. The minimum Gasteiger partial charge on any atom is -0.171 e. The lowest BCUT2D eigenvalue weighted by atomic mass is 9.68. The summed E-state index contributed by atoms with van der Waals surface area (Å²) < 4.78 is 75.5. The second-order valence-corrected chi connectivity index (χ2v) is 4.77. The van der Waals surface area contributed by atoms with Crippen molar-refractivity contribution in [2.75, 3.05) is 0 Å². The first-order chi connectivity index (χ1) is 7.03. The van der Waals surface area contributed by atoms with Crippen LogP contribution in [0, 0.1) is 23.7 Å². The molecule has 0 spiro atoms. The molecule has 1 fully saturated rings. The van der Waals surface area contributed by atoms with Crippen LogP contribution in [0.25, 0.3) is 0 Å². The van der Waals surface area contributed by atoms with Gasteiger partial charge in [0, 0.05) is 0 Å².